The minimum Gasteiger partial charge on any atom is -0.373 e. The van der Waals surface area contributed by atoms with Crippen molar-refractivity contribution in [3.05, 3.63) is 46.2 Å². The number of para-hydroxylation sites is 1. The molecule has 0 unspecified atom stereocenters. The van der Waals surface area contributed by atoms with Gasteiger partial charge < -0.3 is 15.0 Å². The van der Waals surface area contributed by atoms with Crippen LogP contribution < -0.4 is 10.9 Å². The third kappa shape index (κ3) is 3.97. The first kappa shape index (κ1) is 18.6. The van der Waals surface area contributed by atoms with Crippen LogP contribution in [-0.4, -0.2) is 53.2 Å². The Morgan fingerprint density at radius 1 is 1.27 bits per heavy atom. The Hall–Kier alpha value is -2.18. The summed E-state index contributed by atoms with van der Waals surface area (Å²) in [5.41, 5.74) is 0.590. The summed E-state index contributed by atoms with van der Waals surface area (Å²) in [7, 11) is 0. The predicted molar refractivity (Wildman–Crippen MR) is 103 cm³/mol. The first-order chi connectivity index (χ1) is 12.3. The fraction of sp³-hybridized carbons (Fsp3) is 0.500. The van der Waals surface area contributed by atoms with Crippen molar-refractivity contribution in [2.45, 2.75) is 45.4 Å². The van der Waals surface area contributed by atoms with Crippen molar-refractivity contribution < 1.29 is 9.53 Å². The van der Waals surface area contributed by atoms with E-state index in [-0.39, 0.29) is 29.2 Å². The second-order valence-electron chi connectivity index (χ2n) is 7.75. The molecule has 1 aromatic heterocycles. The van der Waals surface area contributed by atoms with E-state index in [2.05, 4.69) is 42.9 Å². The molecular formula is C20H27N3O3. The van der Waals surface area contributed by atoms with E-state index < -0.39 is 0 Å². The smallest absolute Gasteiger partial charge is 0.252 e. The van der Waals surface area contributed by atoms with Crippen LogP contribution in [0.25, 0.3) is 10.9 Å². The van der Waals surface area contributed by atoms with Crippen molar-refractivity contribution in [1.29, 1.82) is 0 Å². The molecule has 1 aliphatic heterocycles. The molecule has 2 atom stereocenters. The van der Waals surface area contributed by atoms with Crippen LogP contribution in [0.2, 0.25) is 0 Å². The molecular weight excluding hydrogens is 330 g/mol. The van der Waals surface area contributed by atoms with Crippen molar-refractivity contribution in [2.24, 2.45) is 0 Å². The average molecular weight is 357 g/mol. The fourth-order valence-corrected chi connectivity index (χ4v) is 3.57. The highest BCUT2D eigenvalue weighted by molar-refractivity contribution is 6.05. The molecule has 0 radical (unpaired) electrons. The van der Waals surface area contributed by atoms with Gasteiger partial charge in [-0.15, -0.1) is 0 Å². The van der Waals surface area contributed by atoms with E-state index in [1.807, 2.05) is 18.2 Å². The number of aromatic nitrogens is 1. The third-order valence-electron chi connectivity index (χ3n) is 4.95. The minimum absolute atomic E-state index is 0.172. The number of fused-ring (bicyclic) bond motifs is 1. The van der Waals surface area contributed by atoms with Crippen molar-refractivity contribution in [1.82, 2.24) is 15.2 Å². The van der Waals surface area contributed by atoms with Crippen LogP contribution >= 0.6 is 0 Å². The van der Waals surface area contributed by atoms with Gasteiger partial charge in [0.2, 0.25) is 5.56 Å². The standard InChI is InChI=1S/C20H27N3O3/c1-13-10-23(11-14(2)26-13)20(3,4)12-21-19(25)16-9-18(24)22-17-8-6-5-7-15(16)17/h5-9,13-14H,10-12H2,1-4H3,(H,21,25)(H,22,24)/t13-,14-/m0/s1. The first-order valence-electron chi connectivity index (χ1n) is 9.07. The zero-order valence-electron chi connectivity index (χ0n) is 15.8. The van der Waals surface area contributed by atoms with Gasteiger partial charge in [0, 0.05) is 42.1 Å². The average Bonchev–Trinajstić information content (AvgIpc) is 2.58. The van der Waals surface area contributed by atoms with Gasteiger partial charge in [-0.3, -0.25) is 14.5 Å². The molecule has 0 spiro atoms. The highest BCUT2D eigenvalue weighted by atomic mass is 16.5. The van der Waals surface area contributed by atoms with Crippen molar-refractivity contribution in [3.8, 4) is 0 Å². The monoisotopic (exact) mass is 357 g/mol. The topological polar surface area (TPSA) is 74.4 Å². The number of carbonyl (C=O) groups excluding carboxylic acids is 1. The number of H-pyrrole nitrogens is 1. The van der Waals surface area contributed by atoms with Gasteiger partial charge >= 0.3 is 0 Å². The molecule has 1 amide bonds. The molecule has 140 valence electrons. The van der Waals surface area contributed by atoms with E-state index in [1.54, 1.807) is 6.07 Å². The number of hydrogen-bond donors (Lipinski definition) is 2. The molecule has 2 aromatic rings. The Morgan fingerprint density at radius 3 is 2.62 bits per heavy atom. The number of morpholine rings is 1. The van der Waals surface area contributed by atoms with E-state index in [0.29, 0.717) is 17.6 Å². The maximum absolute atomic E-state index is 12.8. The number of ether oxygens (including phenoxy) is 1. The van der Waals surface area contributed by atoms with E-state index in [4.69, 9.17) is 4.74 Å². The first-order valence-corrected chi connectivity index (χ1v) is 9.07. The van der Waals surface area contributed by atoms with Crippen molar-refractivity contribution in [3.63, 3.8) is 0 Å². The summed E-state index contributed by atoms with van der Waals surface area (Å²) in [4.78, 5) is 29.7. The van der Waals surface area contributed by atoms with E-state index in [1.165, 1.54) is 6.07 Å². The van der Waals surface area contributed by atoms with E-state index >= 15 is 0 Å². The largest absolute Gasteiger partial charge is 0.373 e. The normalized spacial score (nSPS) is 21.7. The number of carbonyl (C=O) groups is 1. The van der Waals surface area contributed by atoms with Crippen LogP contribution in [0.1, 0.15) is 38.1 Å². The molecule has 2 heterocycles. The molecule has 0 bridgehead atoms. The summed E-state index contributed by atoms with van der Waals surface area (Å²) < 4.78 is 5.80. The van der Waals surface area contributed by atoms with Crippen molar-refractivity contribution >= 4 is 16.8 Å². The molecule has 6 heteroatoms. The Bertz CT molecular complexity index is 849. The lowest BCUT2D eigenvalue weighted by Crippen LogP contribution is -2.58. The van der Waals surface area contributed by atoms with Gasteiger partial charge in [-0.1, -0.05) is 18.2 Å². The van der Waals surface area contributed by atoms with Gasteiger partial charge in [0.25, 0.3) is 5.91 Å². The van der Waals surface area contributed by atoms with Crippen LogP contribution in [0, 0.1) is 0 Å². The molecule has 0 aliphatic carbocycles. The summed E-state index contributed by atoms with van der Waals surface area (Å²) >= 11 is 0. The minimum atomic E-state index is -0.274. The zero-order chi connectivity index (χ0) is 18.9. The van der Waals surface area contributed by atoms with Crippen LogP contribution in [0.4, 0.5) is 0 Å². The van der Waals surface area contributed by atoms with Gasteiger partial charge in [0.05, 0.1) is 17.8 Å². The molecule has 1 saturated heterocycles. The van der Waals surface area contributed by atoms with Gasteiger partial charge in [-0.2, -0.15) is 0 Å². The zero-order valence-corrected chi connectivity index (χ0v) is 15.8. The van der Waals surface area contributed by atoms with Gasteiger partial charge in [0.1, 0.15) is 0 Å². The number of aromatic amines is 1. The second-order valence-corrected chi connectivity index (χ2v) is 7.75. The maximum Gasteiger partial charge on any atom is 0.252 e. The van der Waals surface area contributed by atoms with Crippen LogP contribution in [0.3, 0.4) is 0 Å². The Morgan fingerprint density at radius 2 is 1.92 bits per heavy atom. The van der Waals surface area contributed by atoms with E-state index in [0.717, 1.165) is 18.5 Å². The summed E-state index contributed by atoms with van der Waals surface area (Å²) in [6.45, 7) is 10.5. The number of nitrogens with zero attached hydrogens (tertiary/aromatic N) is 1. The SMILES string of the molecule is C[C@H]1CN(C(C)(C)CNC(=O)c2cc(=O)[nH]c3ccccc23)C[C@H](C)O1. The number of hydrogen-bond acceptors (Lipinski definition) is 4. The molecule has 3 rings (SSSR count). The lowest BCUT2D eigenvalue weighted by Gasteiger charge is -2.45. The highest BCUT2D eigenvalue weighted by Gasteiger charge is 2.33. The van der Waals surface area contributed by atoms with Crippen LogP contribution in [0.15, 0.2) is 35.1 Å². The number of rotatable bonds is 4. The van der Waals surface area contributed by atoms with Gasteiger partial charge in [-0.25, -0.2) is 0 Å². The highest BCUT2D eigenvalue weighted by Crippen LogP contribution is 2.21. The molecule has 6 nitrogen and oxygen atoms in total. The summed E-state index contributed by atoms with van der Waals surface area (Å²) in [5, 5.41) is 3.76. The van der Waals surface area contributed by atoms with Crippen molar-refractivity contribution in [2.75, 3.05) is 19.6 Å². The quantitative estimate of drug-likeness (QED) is 0.879. The molecule has 1 aromatic carbocycles. The lowest BCUT2D eigenvalue weighted by molar-refractivity contribution is -0.0948. The number of amides is 1. The van der Waals surface area contributed by atoms with Crippen LogP contribution in [-0.2, 0) is 4.74 Å². The maximum atomic E-state index is 12.8. The molecule has 1 fully saturated rings. The summed E-state index contributed by atoms with van der Waals surface area (Å²) in [5.74, 6) is -0.227. The van der Waals surface area contributed by atoms with Crippen LogP contribution in [0.5, 0.6) is 0 Å². The fourth-order valence-electron chi connectivity index (χ4n) is 3.57. The van der Waals surface area contributed by atoms with Gasteiger partial charge in [0.15, 0.2) is 0 Å². The third-order valence-corrected chi connectivity index (χ3v) is 4.95. The lowest BCUT2D eigenvalue weighted by atomic mass is 9.99. The predicted octanol–water partition coefficient (Wildman–Crippen LogP) is 2.15. The second kappa shape index (κ2) is 7.21. The van der Waals surface area contributed by atoms with Gasteiger partial charge in [-0.05, 0) is 33.8 Å². The van der Waals surface area contributed by atoms with E-state index in [9.17, 15) is 9.59 Å². The molecule has 0 saturated carbocycles. The Kier molecular flexibility index (Phi) is 5.16. The summed E-state index contributed by atoms with van der Waals surface area (Å²) in [6.07, 6.45) is 0.343. The summed E-state index contributed by atoms with van der Waals surface area (Å²) in [6, 6.07) is 8.70. The molecule has 1 aliphatic rings. The Balaban J connectivity index is 1.75. The number of nitrogens with one attached hydrogen (secondary N) is 2. The number of benzene rings is 1. The Labute approximate surface area is 153 Å². The molecule has 2 N–H and O–H groups in total. The number of pyridine rings is 1. The molecule has 26 heavy (non-hydrogen) atoms.